The topological polar surface area (TPSA) is 44.7 Å². The molecule has 0 amide bonds. The zero-order valence-electron chi connectivity index (χ0n) is 20.8. The van der Waals surface area contributed by atoms with Gasteiger partial charge in [0.25, 0.3) is 0 Å². The molecule has 1 aliphatic carbocycles. The Kier molecular flexibility index (Phi) is 9.62. The average Bonchev–Trinajstić information content (AvgIpc) is 2.87. The second kappa shape index (κ2) is 12.6. The predicted molar refractivity (Wildman–Crippen MR) is 148 cm³/mol. The average molecular weight is 475 g/mol. The van der Waals surface area contributed by atoms with Crippen LogP contribution in [0.5, 0.6) is 11.5 Å². The smallest absolute Gasteiger partial charge is 0.120 e. The zero-order chi connectivity index (χ0) is 23.9. The fourth-order valence-corrected chi connectivity index (χ4v) is 5.08. The first-order valence-electron chi connectivity index (χ1n) is 12.6. The first-order valence-corrected chi connectivity index (χ1v) is 12.6. The number of anilines is 1. The van der Waals surface area contributed by atoms with Gasteiger partial charge in [0, 0.05) is 24.8 Å². The highest BCUT2D eigenvalue weighted by atomic mass is 16.5. The number of likely N-dealkylation sites (N-methyl/N-ethyl adjacent to an activating group) is 1. The first kappa shape index (κ1) is 26.6. The summed E-state index contributed by atoms with van der Waals surface area (Å²) in [5, 5.41) is 13.3. The van der Waals surface area contributed by atoms with Gasteiger partial charge in [0.1, 0.15) is 11.5 Å². The minimum atomic E-state index is 0. The molecule has 0 unspecified atom stereocenters. The standard InChI is InChI=1S/C30H38N2O2.CH4/c1-4-31-17-16-22-6-8-23(9-7-22)21-32(5-2)30-20-28(34-3)14-15-29(30)26-11-10-25-19-27(33)13-12-24(25)18-26;/h6-9,12-15,19-20,26,31,33H,4-5,10-11,16-18,21H2,1-3H3;1H4/t26-;/m1./s1. The van der Waals surface area contributed by atoms with Crippen molar-refractivity contribution < 1.29 is 9.84 Å². The fraction of sp³-hybridized carbons (Fsp3) is 0.419. The van der Waals surface area contributed by atoms with Gasteiger partial charge in [0.05, 0.1) is 7.11 Å². The summed E-state index contributed by atoms with van der Waals surface area (Å²) in [7, 11) is 1.74. The van der Waals surface area contributed by atoms with Gasteiger partial charge >= 0.3 is 0 Å². The Hall–Kier alpha value is -2.98. The molecule has 1 atom stereocenters. The Morgan fingerprint density at radius 2 is 1.74 bits per heavy atom. The number of hydrogen-bond acceptors (Lipinski definition) is 4. The van der Waals surface area contributed by atoms with E-state index in [2.05, 4.69) is 72.6 Å². The Balaban J connectivity index is 0.00000342. The largest absolute Gasteiger partial charge is 0.508 e. The molecule has 2 N–H and O–H groups in total. The van der Waals surface area contributed by atoms with Gasteiger partial charge in [-0.2, -0.15) is 0 Å². The van der Waals surface area contributed by atoms with Crippen molar-refractivity contribution >= 4 is 5.69 Å². The molecule has 0 aliphatic heterocycles. The first-order chi connectivity index (χ1) is 16.6. The van der Waals surface area contributed by atoms with E-state index in [1.165, 1.54) is 33.5 Å². The highest BCUT2D eigenvalue weighted by Gasteiger charge is 2.24. The number of aryl methyl sites for hydroxylation is 1. The normalized spacial score (nSPS) is 14.7. The highest BCUT2D eigenvalue weighted by Crippen LogP contribution is 2.40. The molecule has 0 fully saturated rings. The summed E-state index contributed by atoms with van der Waals surface area (Å²) >= 11 is 0. The van der Waals surface area contributed by atoms with Crippen molar-refractivity contribution in [1.29, 1.82) is 0 Å². The number of ether oxygens (including phenoxy) is 1. The van der Waals surface area contributed by atoms with Crippen molar-refractivity contribution in [3.8, 4) is 11.5 Å². The third kappa shape index (κ3) is 6.58. The molecule has 0 bridgehead atoms. The van der Waals surface area contributed by atoms with E-state index in [0.29, 0.717) is 11.7 Å². The van der Waals surface area contributed by atoms with Gasteiger partial charge in [-0.15, -0.1) is 0 Å². The third-order valence-corrected chi connectivity index (χ3v) is 7.05. The Labute approximate surface area is 212 Å². The lowest BCUT2D eigenvalue weighted by molar-refractivity contribution is 0.414. The molecular weight excluding hydrogens is 432 g/mol. The minimum Gasteiger partial charge on any atom is -0.508 e. The number of phenols is 1. The van der Waals surface area contributed by atoms with Gasteiger partial charge in [-0.05, 0) is 97.6 Å². The molecule has 0 saturated heterocycles. The van der Waals surface area contributed by atoms with E-state index >= 15 is 0 Å². The lowest BCUT2D eigenvalue weighted by Gasteiger charge is -2.32. The summed E-state index contributed by atoms with van der Waals surface area (Å²) in [4.78, 5) is 2.47. The SMILES string of the molecule is C.CCNCCc1ccc(CN(CC)c2cc(OC)ccc2[C@@H]2CCc3cc(O)ccc3C2)cc1. The predicted octanol–water partition coefficient (Wildman–Crippen LogP) is 6.49. The Morgan fingerprint density at radius 3 is 2.46 bits per heavy atom. The van der Waals surface area contributed by atoms with Crippen LogP contribution in [0.3, 0.4) is 0 Å². The van der Waals surface area contributed by atoms with Gasteiger partial charge in [0.2, 0.25) is 0 Å². The molecule has 4 nitrogen and oxygen atoms in total. The van der Waals surface area contributed by atoms with Crippen molar-refractivity contribution in [3.63, 3.8) is 0 Å². The van der Waals surface area contributed by atoms with E-state index in [1.807, 2.05) is 12.1 Å². The van der Waals surface area contributed by atoms with E-state index < -0.39 is 0 Å². The molecule has 1 aliphatic rings. The van der Waals surface area contributed by atoms with E-state index in [1.54, 1.807) is 7.11 Å². The molecule has 4 rings (SSSR count). The van der Waals surface area contributed by atoms with Crippen LogP contribution in [0.2, 0.25) is 0 Å². The summed E-state index contributed by atoms with van der Waals surface area (Å²) in [6.07, 6.45) is 4.16. The maximum atomic E-state index is 9.87. The Bertz CT molecular complexity index is 1080. The van der Waals surface area contributed by atoms with Crippen LogP contribution in [-0.4, -0.2) is 31.9 Å². The van der Waals surface area contributed by atoms with Crippen LogP contribution in [-0.2, 0) is 25.8 Å². The van der Waals surface area contributed by atoms with Crippen LogP contribution in [0.25, 0.3) is 0 Å². The number of benzene rings is 3. The Morgan fingerprint density at radius 1 is 0.971 bits per heavy atom. The molecule has 4 heteroatoms. The molecule has 35 heavy (non-hydrogen) atoms. The molecule has 0 aromatic heterocycles. The van der Waals surface area contributed by atoms with Crippen molar-refractivity contribution in [2.24, 2.45) is 0 Å². The van der Waals surface area contributed by atoms with E-state index in [-0.39, 0.29) is 7.43 Å². The number of hydrogen-bond donors (Lipinski definition) is 2. The number of nitrogens with one attached hydrogen (secondary N) is 1. The lowest BCUT2D eigenvalue weighted by Crippen LogP contribution is -2.25. The van der Waals surface area contributed by atoms with Crippen LogP contribution < -0.4 is 15.0 Å². The third-order valence-electron chi connectivity index (χ3n) is 7.05. The van der Waals surface area contributed by atoms with Gasteiger partial charge in [-0.25, -0.2) is 0 Å². The molecular formula is C31H42N2O2. The molecule has 3 aromatic carbocycles. The van der Waals surface area contributed by atoms with Gasteiger partial charge < -0.3 is 20.1 Å². The van der Waals surface area contributed by atoms with E-state index in [0.717, 1.165) is 57.6 Å². The number of methoxy groups -OCH3 is 1. The quantitative estimate of drug-likeness (QED) is 0.330. The fourth-order valence-electron chi connectivity index (χ4n) is 5.08. The van der Waals surface area contributed by atoms with Crippen molar-refractivity contribution in [2.45, 2.75) is 59.4 Å². The van der Waals surface area contributed by atoms with Crippen LogP contribution in [0.1, 0.15) is 61.4 Å². The monoisotopic (exact) mass is 474 g/mol. The van der Waals surface area contributed by atoms with E-state index in [4.69, 9.17) is 4.74 Å². The molecule has 0 heterocycles. The summed E-state index contributed by atoms with van der Waals surface area (Å²) < 4.78 is 5.61. The lowest BCUT2D eigenvalue weighted by atomic mass is 9.79. The zero-order valence-corrected chi connectivity index (χ0v) is 20.8. The molecule has 0 saturated carbocycles. The number of rotatable bonds is 10. The van der Waals surface area contributed by atoms with Gasteiger partial charge in [-0.3, -0.25) is 0 Å². The highest BCUT2D eigenvalue weighted by molar-refractivity contribution is 5.60. The number of fused-ring (bicyclic) bond motifs is 1. The molecule has 0 spiro atoms. The van der Waals surface area contributed by atoms with Crippen LogP contribution in [0.4, 0.5) is 5.69 Å². The maximum absolute atomic E-state index is 9.87. The molecule has 3 aromatic rings. The van der Waals surface area contributed by atoms with Crippen LogP contribution in [0.15, 0.2) is 60.7 Å². The number of phenolic OH excluding ortho intramolecular Hbond substituents is 1. The van der Waals surface area contributed by atoms with E-state index in [9.17, 15) is 5.11 Å². The summed E-state index contributed by atoms with van der Waals surface area (Å²) in [5.74, 6) is 1.73. The van der Waals surface area contributed by atoms with Crippen LogP contribution >= 0.6 is 0 Å². The number of aromatic hydroxyl groups is 1. The maximum Gasteiger partial charge on any atom is 0.120 e. The van der Waals surface area contributed by atoms with Crippen molar-refractivity contribution in [2.75, 3.05) is 31.6 Å². The second-order valence-corrected chi connectivity index (χ2v) is 9.25. The molecule has 0 radical (unpaired) electrons. The van der Waals surface area contributed by atoms with Gasteiger partial charge in [0.15, 0.2) is 0 Å². The van der Waals surface area contributed by atoms with Crippen molar-refractivity contribution in [1.82, 2.24) is 5.32 Å². The molecule has 188 valence electrons. The van der Waals surface area contributed by atoms with Crippen LogP contribution in [0, 0.1) is 0 Å². The second-order valence-electron chi connectivity index (χ2n) is 9.25. The minimum absolute atomic E-state index is 0. The van der Waals surface area contributed by atoms with Gasteiger partial charge in [-0.1, -0.05) is 50.7 Å². The summed E-state index contributed by atoms with van der Waals surface area (Å²) in [6.45, 7) is 8.22. The van der Waals surface area contributed by atoms with Crippen molar-refractivity contribution in [3.05, 3.63) is 88.5 Å². The number of nitrogens with zero attached hydrogens (tertiary/aromatic N) is 1. The summed E-state index contributed by atoms with van der Waals surface area (Å²) in [6, 6.07) is 21.5. The summed E-state index contributed by atoms with van der Waals surface area (Å²) in [5.41, 5.74) is 8.00.